The van der Waals surface area contributed by atoms with Gasteiger partial charge in [0.1, 0.15) is 0 Å². The number of halogens is 1. The molecule has 0 aromatic heterocycles. The molecule has 9 heteroatoms. The second-order valence-corrected chi connectivity index (χ2v) is 10.3. The van der Waals surface area contributed by atoms with Gasteiger partial charge in [-0.1, -0.05) is 23.7 Å². The summed E-state index contributed by atoms with van der Waals surface area (Å²) in [5.74, 6) is 0. The summed E-state index contributed by atoms with van der Waals surface area (Å²) in [6, 6.07) is 16.9. The van der Waals surface area contributed by atoms with Crippen LogP contribution >= 0.6 is 11.6 Å². The van der Waals surface area contributed by atoms with E-state index in [2.05, 4.69) is 9.44 Å². The average molecular weight is 451 g/mol. The van der Waals surface area contributed by atoms with Crippen LogP contribution in [0.4, 0.5) is 11.4 Å². The van der Waals surface area contributed by atoms with Crippen LogP contribution in [0.25, 0.3) is 0 Å². The molecule has 29 heavy (non-hydrogen) atoms. The molecule has 3 aromatic carbocycles. The van der Waals surface area contributed by atoms with Gasteiger partial charge in [-0.05, 0) is 79.6 Å². The molecule has 2 N–H and O–H groups in total. The van der Waals surface area contributed by atoms with Crippen LogP contribution in [-0.2, 0) is 20.0 Å². The normalized spacial score (nSPS) is 11.8. The Morgan fingerprint density at radius 3 is 1.79 bits per heavy atom. The van der Waals surface area contributed by atoms with Crippen molar-refractivity contribution in [3.05, 3.63) is 82.9 Å². The molecule has 3 aromatic rings. The SMILES string of the molecule is Cc1ccc(C)c(S(=O)(=O)Nc2ccc(S(=O)(=O)Nc3ccc(Cl)cc3)cc2)c1. The van der Waals surface area contributed by atoms with E-state index in [-0.39, 0.29) is 15.5 Å². The molecule has 6 nitrogen and oxygen atoms in total. The van der Waals surface area contributed by atoms with Crippen LogP contribution in [0.3, 0.4) is 0 Å². The van der Waals surface area contributed by atoms with Crippen LogP contribution in [-0.4, -0.2) is 16.8 Å². The highest BCUT2D eigenvalue weighted by molar-refractivity contribution is 7.93. The Morgan fingerprint density at radius 2 is 1.21 bits per heavy atom. The van der Waals surface area contributed by atoms with Gasteiger partial charge in [-0.25, -0.2) is 16.8 Å². The van der Waals surface area contributed by atoms with Crippen LogP contribution in [0, 0.1) is 13.8 Å². The van der Waals surface area contributed by atoms with Crippen molar-refractivity contribution in [1.82, 2.24) is 0 Å². The highest BCUT2D eigenvalue weighted by Crippen LogP contribution is 2.23. The van der Waals surface area contributed by atoms with E-state index in [9.17, 15) is 16.8 Å². The minimum atomic E-state index is -3.82. The summed E-state index contributed by atoms with van der Waals surface area (Å²) >= 11 is 5.80. The van der Waals surface area contributed by atoms with E-state index in [1.54, 1.807) is 43.3 Å². The van der Waals surface area contributed by atoms with Crippen LogP contribution in [0.2, 0.25) is 5.02 Å². The van der Waals surface area contributed by atoms with Crippen molar-refractivity contribution in [2.45, 2.75) is 23.6 Å². The third-order valence-corrected chi connectivity index (χ3v) is 7.32. The number of hydrogen-bond donors (Lipinski definition) is 2. The first kappa shape index (κ1) is 21.2. The van der Waals surface area contributed by atoms with E-state index < -0.39 is 20.0 Å². The summed E-state index contributed by atoms with van der Waals surface area (Å²) in [5, 5.41) is 0.494. The molecule has 0 saturated carbocycles. The third kappa shape index (κ3) is 5.09. The minimum absolute atomic E-state index is 0.00198. The van der Waals surface area contributed by atoms with Gasteiger partial charge in [-0.3, -0.25) is 9.44 Å². The van der Waals surface area contributed by atoms with Gasteiger partial charge >= 0.3 is 0 Å². The fourth-order valence-electron chi connectivity index (χ4n) is 2.64. The molecule has 0 radical (unpaired) electrons. The third-order valence-electron chi connectivity index (χ3n) is 4.15. The van der Waals surface area contributed by atoms with Gasteiger partial charge < -0.3 is 0 Å². The summed E-state index contributed by atoms with van der Waals surface area (Å²) in [4.78, 5) is 0.181. The van der Waals surface area contributed by atoms with Gasteiger partial charge in [0, 0.05) is 16.4 Å². The maximum Gasteiger partial charge on any atom is 0.262 e. The Hall–Kier alpha value is -2.55. The summed E-state index contributed by atoms with van der Waals surface area (Å²) in [6.45, 7) is 3.53. The maximum absolute atomic E-state index is 12.7. The molecule has 0 aliphatic carbocycles. The number of rotatable bonds is 6. The quantitative estimate of drug-likeness (QED) is 0.575. The highest BCUT2D eigenvalue weighted by Gasteiger charge is 2.18. The molecule has 0 saturated heterocycles. The van der Waals surface area contributed by atoms with E-state index in [1.165, 1.54) is 24.3 Å². The Bertz CT molecular complexity index is 1240. The number of sulfonamides is 2. The molecule has 0 spiro atoms. The van der Waals surface area contributed by atoms with Gasteiger partial charge in [-0.2, -0.15) is 0 Å². The van der Waals surface area contributed by atoms with Gasteiger partial charge in [0.2, 0.25) is 0 Å². The molecule has 0 unspecified atom stereocenters. The molecular weight excluding hydrogens is 432 g/mol. The van der Waals surface area contributed by atoms with E-state index >= 15 is 0 Å². The van der Waals surface area contributed by atoms with Crippen molar-refractivity contribution in [2.24, 2.45) is 0 Å². The fraction of sp³-hybridized carbons (Fsp3) is 0.100. The second-order valence-electron chi connectivity index (χ2n) is 6.51. The van der Waals surface area contributed by atoms with Crippen molar-refractivity contribution >= 4 is 43.0 Å². The molecule has 0 bridgehead atoms. The first-order chi connectivity index (χ1) is 13.6. The lowest BCUT2D eigenvalue weighted by Gasteiger charge is -2.12. The standard InChI is InChI=1S/C20H19ClN2O4S2/c1-14-3-4-15(2)20(13-14)29(26,27)23-18-9-11-19(12-10-18)28(24,25)22-17-7-5-16(21)6-8-17/h3-13,22-23H,1-2H3. The van der Waals surface area contributed by atoms with Crippen LogP contribution in [0.5, 0.6) is 0 Å². The van der Waals surface area contributed by atoms with Crippen LogP contribution in [0.1, 0.15) is 11.1 Å². The van der Waals surface area contributed by atoms with Crippen LogP contribution < -0.4 is 9.44 Å². The van der Waals surface area contributed by atoms with Gasteiger partial charge in [0.25, 0.3) is 20.0 Å². The zero-order valence-electron chi connectivity index (χ0n) is 15.7. The second kappa shape index (κ2) is 8.06. The lowest BCUT2D eigenvalue weighted by Crippen LogP contribution is -2.15. The Kier molecular flexibility index (Phi) is 5.88. The molecular formula is C20H19ClN2O4S2. The maximum atomic E-state index is 12.7. The number of anilines is 2. The minimum Gasteiger partial charge on any atom is -0.280 e. The average Bonchev–Trinajstić information content (AvgIpc) is 2.65. The van der Waals surface area contributed by atoms with Crippen molar-refractivity contribution in [2.75, 3.05) is 9.44 Å². The predicted octanol–water partition coefficient (Wildman–Crippen LogP) is 4.56. The highest BCUT2D eigenvalue weighted by atomic mass is 35.5. The number of benzene rings is 3. The molecule has 0 heterocycles. The Labute approximate surface area is 175 Å². The largest absolute Gasteiger partial charge is 0.280 e. The number of hydrogen-bond acceptors (Lipinski definition) is 4. The van der Waals surface area contributed by atoms with E-state index in [0.29, 0.717) is 16.3 Å². The van der Waals surface area contributed by atoms with Gasteiger partial charge in [-0.15, -0.1) is 0 Å². The first-order valence-electron chi connectivity index (χ1n) is 8.55. The van der Waals surface area contributed by atoms with E-state index in [0.717, 1.165) is 5.56 Å². The van der Waals surface area contributed by atoms with Gasteiger partial charge in [0.15, 0.2) is 0 Å². The molecule has 0 atom stereocenters. The van der Waals surface area contributed by atoms with Crippen molar-refractivity contribution in [3.63, 3.8) is 0 Å². The Morgan fingerprint density at radius 1 is 0.690 bits per heavy atom. The lowest BCUT2D eigenvalue weighted by atomic mass is 10.2. The Balaban J connectivity index is 1.81. The molecule has 0 fully saturated rings. The summed E-state index contributed by atoms with van der Waals surface area (Å²) in [5.41, 5.74) is 2.07. The molecule has 0 amide bonds. The first-order valence-corrected chi connectivity index (χ1v) is 11.9. The monoisotopic (exact) mass is 450 g/mol. The fourth-order valence-corrected chi connectivity index (χ4v) is 5.22. The number of nitrogens with one attached hydrogen (secondary N) is 2. The summed E-state index contributed by atoms with van der Waals surface area (Å²) < 4.78 is 55.3. The molecule has 0 aliphatic rings. The topological polar surface area (TPSA) is 92.3 Å². The zero-order valence-corrected chi connectivity index (χ0v) is 18.1. The molecule has 0 aliphatic heterocycles. The predicted molar refractivity (Wildman–Crippen MR) is 115 cm³/mol. The van der Waals surface area contributed by atoms with Crippen molar-refractivity contribution < 1.29 is 16.8 Å². The lowest BCUT2D eigenvalue weighted by molar-refractivity contribution is 0.599. The van der Waals surface area contributed by atoms with E-state index in [1.807, 2.05) is 13.0 Å². The smallest absolute Gasteiger partial charge is 0.262 e. The molecule has 3 rings (SSSR count). The van der Waals surface area contributed by atoms with Crippen LogP contribution in [0.15, 0.2) is 76.5 Å². The summed E-state index contributed by atoms with van der Waals surface area (Å²) in [7, 11) is -7.62. The van der Waals surface area contributed by atoms with Crippen molar-refractivity contribution in [1.29, 1.82) is 0 Å². The van der Waals surface area contributed by atoms with Gasteiger partial charge in [0.05, 0.1) is 9.79 Å². The zero-order chi connectivity index (χ0) is 21.2. The van der Waals surface area contributed by atoms with Crippen molar-refractivity contribution in [3.8, 4) is 0 Å². The van der Waals surface area contributed by atoms with E-state index in [4.69, 9.17) is 11.6 Å². The molecule has 152 valence electrons. The summed E-state index contributed by atoms with van der Waals surface area (Å²) in [6.07, 6.45) is 0. The number of aryl methyl sites for hydroxylation is 2.